The van der Waals surface area contributed by atoms with Crippen LogP contribution in [-0.4, -0.2) is 32.7 Å². The number of sulfone groups is 1. The molecule has 0 radical (unpaired) electrons. The van der Waals surface area contributed by atoms with Gasteiger partial charge < -0.3 is 10.1 Å². The van der Waals surface area contributed by atoms with Gasteiger partial charge in [-0.2, -0.15) is 0 Å². The summed E-state index contributed by atoms with van der Waals surface area (Å²) in [5, 5.41) is 2.71. The number of rotatable bonds is 5. The maximum absolute atomic E-state index is 12.4. The SMILES string of the molecule is O=C(Nc1ccc(S(=O)(=O)CC2CCOC2=O)cc1)c1ccc(Br)s1. The summed E-state index contributed by atoms with van der Waals surface area (Å²) in [5.74, 6) is -1.60. The lowest BCUT2D eigenvalue weighted by Crippen LogP contribution is -2.20. The predicted molar refractivity (Wildman–Crippen MR) is 97.5 cm³/mol. The Balaban J connectivity index is 1.69. The van der Waals surface area contributed by atoms with Gasteiger partial charge >= 0.3 is 5.97 Å². The van der Waals surface area contributed by atoms with E-state index in [1.165, 1.54) is 35.6 Å². The van der Waals surface area contributed by atoms with E-state index in [0.717, 1.165) is 3.79 Å². The summed E-state index contributed by atoms with van der Waals surface area (Å²) < 4.78 is 30.4. The van der Waals surface area contributed by atoms with Gasteiger partial charge in [-0.1, -0.05) is 0 Å². The van der Waals surface area contributed by atoms with Gasteiger partial charge in [-0.3, -0.25) is 9.59 Å². The molecule has 6 nitrogen and oxygen atoms in total. The molecule has 1 saturated heterocycles. The lowest BCUT2D eigenvalue weighted by molar-refractivity contribution is -0.140. The van der Waals surface area contributed by atoms with Crippen LogP contribution in [0.1, 0.15) is 16.1 Å². The smallest absolute Gasteiger partial charge is 0.310 e. The Morgan fingerprint density at radius 1 is 1.24 bits per heavy atom. The number of carbonyl (C=O) groups is 2. The first kappa shape index (κ1) is 18.1. The fourth-order valence-electron chi connectivity index (χ4n) is 2.42. The molecular weight excluding hydrogens is 430 g/mol. The van der Waals surface area contributed by atoms with Crippen LogP contribution >= 0.6 is 27.3 Å². The van der Waals surface area contributed by atoms with Crippen LogP contribution in [0.4, 0.5) is 5.69 Å². The number of thiophene rings is 1. The highest BCUT2D eigenvalue weighted by molar-refractivity contribution is 9.11. The van der Waals surface area contributed by atoms with Gasteiger partial charge in [0.15, 0.2) is 9.84 Å². The van der Waals surface area contributed by atoms with E-state index in [1.807, 2.05) is 0 Å². The minimum absolute atomic E-state index is 0.115. The third kappa shape index (κ3) is 4.28. The molecule has 25 heavy (non-hydrogen) atoms. The molecule has 1 N–H and O–H groups in total. The number of hydrogen-bond donors (Lipinski definition) is 1. The van der Waals surface area contributed by atoms with Gasteiger partial charge in [0.05, 0.1) is 31.8 Å². The van der Waals surface area contributed by atoms with E-state index in [4.69, 9.17) is 4.74 Å². The van der Waals surface area contributed by atoms with Gasteiger partial charge in [0, 0.05) is 5.69 Å². The van der Waals surface area contributed by atoms with Crippen molar-refractivity contribution in [3.8, 4) is 0 Å². The van der Waals surface area contributed by atoms with Gasteiger partial charge in [0.25, 0.3) is 5.91 Å². The number of anilines is 1. The number of esters is 1. The molecule has 1 aliphatic rings. The van der Waals surface area contributed by atoms with Crippen LogP contribution in [0, 0.1) is 5.92 Å². The van der Waals surface area contributed by atoms with Crippen molar-refractivity contribution in [3.05, 3.63) is 45.1 Å². The minimum Gasteiger partial charge on any atom is -0.465 e. The van der Waals surface area contributed by atoms with Crippen LogP contribution in [0.3, 0.4) is 0 Å². The fraction of sp³-hybridized carbons (Fsp3) is 0.250. The van der Waals surface area contributed by atoms with E-state index >= 15 is 0 Å². The van der Waals surface area contributed by atoms with Crippen molar-refractivity contribution in [2.45, 2.75) is 11.3 Å². The zero-order valence-corrected chi connectivity index (χ0v) is 16.1. The maximum Gasteiger partial charge on any atom is 0.310 e. The number of cyclic esters (lactones) is 1. The molecule has 1 aliphatic heterocycles. The molecule has 0 saturated carbocycles. The summed E-state index contributed by atoms with van der Waals surface area (Å²) >= 11 is 4.60. The predicted octanol–water partition coefficient (Wildman–Crippen LogP) is 3.10. The van der Waals surface area contributed by atoms with E-state index in [0.29, 0.717) is 17.0 Å². The summed E-state index contributed by atoms with van der Waals surface area (Å²) in [6, 6.07) is 9.39. The molecule has 1 amide bonds. The van der Waals surface area contributed by atoms with Crippen molar-refractivity contribution in [2.24, 2.45) is 5.92 Å². The molecular formula is C16H14BrNO5S2. The van der Waals surface area contributed by atoms with Crippen LogP contribution in [0.2, 0.25) is 0 Å². The monoisotopic (exact) mass is 443 g/mol. The third-order valence-electron chi connectivity index (χ3n) is 3.73. The van der Waals surface area contributed by atoms with Gasteiger partial charge in [0.2, 0.25) is 0 Å². The molecule has 0 aliphatic carbocycles. The number of ether oxygens (including phenoxy) is 1. The van der Waals surface area contributed by atoms with Crippen molar-refractivity contribution >= 4 is 54.7 Å². The van der Waals surface area contributed by atoms with E-state index < -0.39 is 21.7 Å². The minimum atomic E-state index is -3.59. The molecule has 1 aromatic heterocycles. The average Bonchev–Trinajstić information content (AvgIpc) is 3.17. The zero-order valence-electron chi connectivity index (χ0n) is 12.9. The summed E-state index contributed by atoms with van der Waals surface area (Å²) in [6.45, 7) is 0.267. The second kappa shape index (κ2) is 7.27. The molecule has 132 valence electrons. The molecule has 1 unspecified atom stereocenters. The zero-order chi connectivity index (χ0) is 18.0. The van der Waals surface area contributed by atoms with Gasteiger partial charge in [-0.05, 0) is 58.7 Å². The second-order valence-electron chi connectivity index (χ2n) is 5.52. The number of benzene rings is 1. The Morgan fingerprint density at radius 3 is 2.52 bits per heavy atom. The summed E-state index contributed by atoms with van der Waals surface area (Å²) in [7, 11) is -3.59. The summed E-state index contributed by atoms with van der Waals surface area (Å²) in [6.07, 6.45) is 0.419. The van der Waals surface area contributed by atoms with Crippen molar-refractivity contribution in [3.63, 3.8) is 0 Å². The topological polar surface area (TPSA) is 89.5 Å². The Bertz CT molecular complexity index is 905. The quantitative estimate of drug-likeness (QED) is 0.716. The van der Waals surface area contributed by atoms with Crippen LogP contribution in [-0.2, 0) is 19.4 Å². The molecule has 1 aromatic carbocycles. The molecule has 1 fully saturated rings. The average molecular weight is 444 g/mol. The molecule has 0 spiro atoms. The lowest BCUT2D eigenvalue weighted by atomic mass is 10.1. The lowest BCUT2D eigenvalue weighted by Gasteiger charge is -2.09. The van der Waals surface area contributed by atoms with Crippen LogP contribution < -0.4 is 5.32 Å². The molecule has 0 bridgehead atoms. The summed E-state index contributed by atoms with van der Waals surface area (Å²) in [5.41, 5.74) is 0.494. The standard InChI is InChI=1S/C16H14BrNO5S2/c17-14-6-5-13(24-14)15(19)18-11-1-3-12(4-2-11)25(21,22)9-10-7-8-23-16(10)20/h1-6,10H,7-9H2,(H,18,19). The van der Waals surface area contributed by atoms with E-state index in [-0.39, 0.29) is 23.2 Å². The van der Waals surface area contributed by atoms with Gasteiger partial charge in [-0.15, -0.1) is 11.3 Å². The van der Waals surface area contributed by atoms with Crippen LogP contribution in [0.15, 0.2) is 45.1 Å². The number of carbonyl (C=O) groups excluding carboxylic acids is 2. The van der Waals surface area contributed by atoms with Crippen LogP contribution in [0.5, 0.6) is 0 Å². The number of halogens is 1. The summed E-state index contributed by atoms with van der Waals surface area (Å²) in [4.78, 5) is 24.2. The first-order chi connectivity index (χ1) is 11.8. The molecule has 2 aromatic rings. The van der Waals surface area contributed by atoms with Crippen LogP contribution in [0.25, 0.3) is 0 Å². The molecule has 9 heteroatoms. The maximum atomic E-state index is 12.4. The normalized spacial score (nSPS) is 17.3. The Morgan fingerprint density at radius 2 is 1.96 bits per heavy atom. The molecule has 2 heterocycles. The highest BCUT2D eigenvalue weighted by Gasteiger charge is 2.32. The number of nitrogens with one attached hydrogen (secondary N) is 1. The fourth-order valence-corrected chi connectivity index (χ4v) is 5.28. The largest absolute Gasteiger partial charge is 0.465 e. The highest BCUT2D eigenvalue weighted by atomic mass is 79.9. The molecule has 1 atom stereocenters. The van der Waals surface area contributed by atoms with Crippen molar-refractivity contribution in [1.29, 1.82) is 0 Å². The third-order valence-corrected chi connectivity index (χ3v) is 7.19. The van der Waals surface area contributed by atoms with Gasteiger partial charge in [-0.25, -0.2) is 8.42 Å². The Hall–Kier alpha value is -1.71. The first-order valence-electron chi connectivity index (χ1n) is 7.41. The van der Waals surface area contributed by atoms with Crippen molar-refractivity contribution < 1.29 is 22.7 Å². The van der Waals surface area contributed by atoms with E-state index in [9.17, 15) is 18.0 Å². The van der Waals surface area contributed by atoms with Crippen molar-refractivity contribution in [1.82, 2.24) is 0 Å². The van der Waals surface area contributed by atoms with Gasteiger partial charge in [0.1, 0.15) is 0 Å². The highest BCUT2D eigenvalue weighted by Crippen LogP contribution is 2.24. The van der Waals surface area contributed by atoms with Crippen molar-refractivity contribution in [2.75, 3.05) is 17.7 Å². The molecule has 3 rings (SSSR count). The first-order valence-corrected chi connectivity index (χ1v) is 10.7. The number of amides is 1. The van der Waals surface area contributed by atoms with E-state index in [1.54, 1.807) is 12.1 Å². The van der Waals surface area contributed by atoms with E-state index in [2.05, 4.69) is 21.2 Å². The second-order valence-corrected chi connectivity index (χ2v) is 10.0. The number of hydrogen-bond acceptors (Lipinski definition) is 6. The Labute approximate surface area is 157 Å². The Kier molecular flexibility index (Phi) is 5.26.